The number of methoxy groups -OCH3 is 1. The summed E-state index contributed by atoms with van der Waals surface area (Å²) >= 11 is 3.24. The maximum absolute atomic E-state index is 12.7. The molecule has 2 bridgehead atoms. The summed E-state index contributed by atoms with van der Waals surface area (Å²) in [5, 5.41) is 15.0. The Morgan fingerprint density at radius 3 is 2.32 bits per heavy atom. The molecule has 1 N–H and O–H groups in total. The predicted molar refractivity (Wildman–Crippen MR) is 94.1 cm³/mol. The molecule has 0 radical (unpaired) electrons. The van der Waals surface area contributed by atoms with Gasteiger partial charge in [0.05, 0.1) is 29.6 Å². The summed E-state index contributed by atoms with van der Waals surface area (Å²) in [6.07, 6.45) is 7.52. The third kappa shape index (κ3) is 2.49. The van der Waals surface area contributed by atoms with E-state index in [1.165, 1.54) is 13.3 Å². The van der Waals surface area contributed by atoms with E-state index in [1.807, 2.05) is 0 Å². The van der Waals surface area contributed by atoms with Crippen LogP contribution in [0.3, 0.4) is 0 Å². The second kappa shape index (κ2) is 5.98. The third-order valence-electron chi connectivity index (χ3n) is 5.33. The molecule has 1 aliphatic heterocycles. The molecular weight excluding hydrogens is 388 g/mol. The number of aromatic hydroxyl groups is 1. The van der Waals surface area contributed by atoms with Crippen LogP contribution in [0.5, 0.6) is 11.5 Å². The highest BCUT2D eigenvalue weighted by Crippen LogP contribution is 2.49. The zero-order valence-corrected chi connectivity index (χ0v) is 15.1. The van der Waals surface area contributed by atoms with Crippen molar-refractivity contribution in [2.24, 2.45) is 28.8 Å². The molecule has 1 aromatic carbocycles. The maximum Gasteiger partial charge on any atom is 0.254 e. The van der Waals surface area contributed by atoms with Crippen LogP contribution < -0.4 is 4.74 Å². The molecule has 6 nitrogen and oxygen atoms in total. The van der Waals surface area contributed by atoms with Crippen LogP contribution in [0.4, 0.5) is 0 Å². The van der Waals surface area contributed by atoms with Gasteiger partial charge in [0.1, 0.15) is 0 Å². The van der Waals surface area contributed by atoms with Gasteiger partial charge in [-0.3, -0.25) is 9.59 Å². The van der Waals surface area contributed by atoms with Crippen LogP contribution in [0.1, 0.15) is 18.4 Å². The van der Waals surface area contributed by atoms with Crippen molar-refractivity contribution in [3.05, 3.63) is 34.3 Å². The van der Waals surface area contributed by atoms with Crippen LogP contribution in [-0.2, 0) is 9.59 Å². The maximum atomic E-state index is 12.7. The van der Waals surface area contributed by atoms with Gasteiger partial charge in [-0.1, -0.05) is 12.2 Å². The first kappa shape index (κ1) is 16.3. The van der Waals surface area contributed by atoms with E-state index in [4.69, 9.17) is 4.74 Å². The predicted octanol–water partition coefficient (Wildman–Crippen LogP) is 2.69. The molecule has 5 rings (SSSR count). The van der Waals surface area contributed by atoms with E-state index >= 15 is 0 Å². The molecule has 0 unspecified atom stereocenters. The molecule has 4 atom stereocenters. The zero-order valence-electron chi connectivity index (χ0n) is 13.6. The Morgan fingerprint density at radius 1 is 1.20 bits per heavy atom. The van der Waals surface area contributed by atoms with Gasteiger partial charge < -0.3 is 9.84 Å². The number of phenolic OH excluding ortho intramolecular Hbond substituents is 1. The lowest BCUT2D eigenvalue weighted by molar-refractivity contribution is -0.140. The smallest absolute Gasteiger partial charge is 0.254 e. The average Bonchev–Trinajstić information content (AvgIpc) is 2.90. The minimum atomic E-state index is -0.269. The average molecular weight is 405 g/mol. The summed E-state index contributed by atoms with van der Waals surface area (Å²) in [4.78, 5) is 25.4. The monoisotopic (exact) mass is 404 g/mol. The van der Waals surface area contributed by atoms with Gasteiger partial charge in [-0.2, -0.15) is 10.1 Å². The number of imide groups is 1. The highest BCUT2D eigenvalue weighted by atomic mass is 79.9. The normalized spacial score (nSPS) is 30.4. The second-order valence-electron chi connectivity index (χ2n) is 6.63. The van der Waals surface area contributed by atoms with Gasteiger partial charge in [0.15, 0.2) is 11.5 Å². The first-order valence-corrected chi connectivity index (χ1v) is 8.97. The first-order chi connectivity index (χ1) is 12.0. The van der Waals surface area contributed by atoms with Crippen LogP contribution in [0.2, 0.25) is 0 Å². The molecule has 2 fully saturated rings. The quantitative estimate of drug-likeness (QED) is 0.477. The number of halogens is 1. The highest BCUT2D eigenvalue weighted by Gasteiger charge is 2.56. The topological polar surface area (TPSA) is 79.2 Å². The number of carbonyl (C=O) groups excluding carboxylic acids is 2. The molecule has 130 valence electrons. The number of amides is 2. The van der Waals surface area contributed by atoms with Gasteiger partial charge in [-0.05, 0) is 58.3 Å². The Labute approximate surface area is 153 Å². The lowest BCUT2D eigenvalue weighted by Crippen LogP contribution is -2.38. The second-order valence-corrected chi connectivity index (χ2v) is 7.48. The van der Waals surface area contributed by atoms with Crippen LogP contribution in [0.25, 0.3) is 0 Å². The van der Waals surface area contributed by atoms with Gasteiger partial charge in [0.2, 0.25) is 0 Å². The SMILES string of the molecule is COc1cc(/C=N\N2C(=O)[C@@H]3[C@H](C2=O)[C@@H]2C=C[C@@H]3CC2)cc(Br)c1O. The lowest BCUT2D eigenvalue weighted by Gasteiger charge is -2.37. The van der Waals surface area contributed by atoms with E-state index in [0.717, 1.165) is 17.9 Å². The highest BCUT2D eigenvalue weighted by molar-refractivity contribution is 9.10. The Balaban J connectivity index is 1.62. The van der Waals surface area contributed by atoms with Gasteiger partial charge in [0, 0.05) is 0 Å². The van der Waals surface area contributed by atoms with Crippen molar-refractivity contribution >= 4 is 34.0 Å². The van der Waals surface area contributed by atoms with Crippen molar-refractivity contribution in [3.8, 4) is 11.5 Å². The van der Waals surface area contributed by atoms with Crippen molar-refractivity contribution in [1.29, 1.82) is 0 Å². The van der Waals surface area contributed by atoms with Crippen molar-refractivity contribution in [2.75, 3.05) is 7.11 Å². The number of phenols is 1. The third-order valence-corrected chi connectivity index (χ3v) is 5.93. The molecule has 4 aliphatic rings. The number of hydrogen-bond donors (Lipinski definition) is 1. The summed E-state index contributed by atoms with van der Waals surface area (Å²) in [6.45, 7) is 0. The Bertz CT molecular complexity index is 788. The summed E-state index contributed by atoms with van der Waals surface area (Å²) in [5.41, 5.74) is 0.609. The minimum absolute atomic E-state index is 0.0124. The van der Waals surface area contributed by atoms with Crippen LogP contribution in [0, 0.1) is 23.7 Å². The van der Waals surface area contributed by atoms with Crippen molar-refractivity contribution < 1.29 is 19.4 Å². The molecule has 7 heteroatoms. The number of carbonyl (C=O) groups is 2. The van der Waals surface area contributed by atoms with E-state index in [9.17, 15) is 14.7 Å². The Hall–Kier alpha value is -2.15. The Kier molecular flexibility index (Phi) is 3.91. The fourth-order valence-electron chi connectivity index (χ4n) is 4.12. The fraction of sp³-hybridized carbons (Fsp3) is 0.389. The summed E-state index contributed by atoms with van der Waals surface area (Å²) in [5.74, 6) is -0.397. The fourth-order valence-corrected chi connectivity index (χ4v) is 4.58. The van der Waals surface area contributed by atoms with E-state index < -0.39 is 0 Å². The van der Waals surface area contributed by atoms with E-state index in [1.54, 1.807) is 12.1 Å². The molecule has 0 aromatic heterocycles. The summed E-state index contributed by atoms with van der Waals surface area (Å²) in [6, 6.07) is 3.23. The zero-order chi connectivity index (χ0) is 17.7. The number of hydrazone groups is 1. The molecule has 2 amide bonds. The number of nitrogens with zero attached hydrogens (tertiary/aromatic N) is 2. The van der Waals surface area contributed by atoms with E-state index in [0.29, 0.717) is 10.0 Å². The molecular formula is C18H17BrN2O4. The van der Waals surface area contributed by atoms with Gasteiger partial charge in [-0.25, -0.2) is 0 Å². The number of hydrogen-bond acceptors (Lipinski definition) is 5. The molecule has 1 heterocycles. The molecule has 1 saturated carbocycles. The number of ether oxygens (including phenoxy) is 1. The van der Waals surface area contributed by atoms with Crippen LogP contribution in [0.15, 0.2) is 33.9 Å². The van der Waals surface area contributed by atoms with Crippen molar-refractivity contribution in [1.82, 2.24) is 5.01 Å². The number of rotatable bonds is 3. The van der Waals surface area contributed by atoms with Crippen molar-refractivity contribution in [3.63, 3.8) is 0 Å². The summed E-state index contributed by atoms with van der Waals surface area (Å²) < 4.78 is 5.54. The molecule has 25 heavy (non-hydrogen) atoms. The minimum Gasteiger partial charge on any atom is -0.503 e. The van der Waals surface area contributed by atoms with Gasteiger partial charge in [-0.15, -0.1) is 0 Å². The molecule has 1 saturated heterocycles. The van der Waals surface area contributed by atoms with Crippen molar-refractivity contribution in [2.45, 2.75) is 12.8 Å². The molecule has 1 aromatic rings. The molecule has 3 aliphatic carbocycles. The number of allylic oxidation sites excluding steroid dienone is 2. The van der Waals surface area contributed by atoms with Crippen LogP contribution >= 0.6 is 15.9 Å². The lowest BCUT2D eigenvalue weighted by atomic mass is 9.63. The number of benzene rings is 1. The largest absolute Gasteiger partial charge is 0.503 e. The van der Waals surface area contributed by atoms with Gasteiger partial charge >= 0.3 is 0 Å². The van der Waals surface area contributed by atoms with Gasteiger partial charge in [0.25, 0.3) is 11.8 Å². The molecule has 0 spiro atoms. The first-order valence-electron chi connectivity index (χ1n) is 8.18. The Morgan fingerprint density at radius 2 is 1.80 bits per heavy atom. The van der Waals surface area contributed by atoms with Crippen LogP contribution in [-0.4, -0.2) is 35.3 Å². The van der Waals surface area contributed by atoms with E-state index in [2.05, 4.69) is 33.2 Å². The van der Waals surface area contributed by atoms with E-state index in [-0.39, 0.29) is 47.0 Å². The number of fused-ring (bicyclic) bond motifs is 1. The standard InChI is InChI=1S/C18H17BrN2O4/c1-25-13-7-9(6-12(19)16(13)22)8-20-21-17(23)14-10-2-3-11(5-4-10)15(14)18(21)24/h2-3,6-8,10-11,14-15,22H,4-5H2,1H3/b20-8-/t10-,11-,14-,15+/m1/s1. The summed E-state index contributed by atoms with van der Waals surface area (Å²) in [7, 11) is 1.45.